The minimum atomic E-state index is -1.52. The fourth-order valence-electron chi connectivity index (χ4n) is 1.35. The van der Waals surface area contributed by atoms with Crippen LogP contribution in [0.15, 0.2) is 21.1 Å². The number of halogens is 3. The summed E-state index contributed by atoms with van der Waals surface area (Å²) in [7, 11) is 0. The second kappa shape index (κ2) is 5.90. The van der Waals surface area contributed by atoms with Crippen molar-refractivity contribution in [2.45, 2.75) is 18.6 Å². The number of carbonyl (C=O) groups is 1. The van der Waals surface area contributed by atoms with Gasteiger partial charge in [-0.05, 0) is 12.1 Å². The highest BCUT2D eigenvalue weighted by Gasteiger charge is 2.25. The molecule has 0 saturated heterocycles. The third-order valence-electron chi connectivity index (χ3n) is 2.11. The lowest BCUT2D eigenvalue weighted by Crippen LogP contribution is -2.26. The van der Waals surface area contributed by atoms with Gasteiger partial charge in [-0.3, -0.25) is 4.79 Å². The Labute approximate surface area is 114 Å². The molecule has 1 rings (SSSR count). The summed E-state index contributed by atoms with van der Waals surface area (Å²) in [5.74, 6) is -1.47. The summed E-state index contributed by atoms with van der Waals surface area (Å²) in [6.07, 6.45) is -3.41. The summed E-state index contributed by atoms with van der Waals surface area (Å²) in [6.45, 7) is 0. The van der Waals surface area contributed by atoms with E-state index < -0.39 is 30.4 Å². The number of hydrogen-bond acceptors (Lipinski definition) is 3. The predicted molar refractivity (Wildman–Crippen MR) is 66.6 cm³/mol. The predicted octanol–water partition coefficient (Wildman–Crippen LogP) is 1.62. The lowest BCUT2D eigenvalue weighted by atomic mass is 10.0. The maximum atomic E-state index is 13.6. The topological polar surface area (TPSA) is 83.6 Å². The van der Waals surface area contributed by atoms with Gasteiger partial charge in [0, 0.05) is 14.5 Å². The highest BCUT2D eigenvalue weighted by atomic mass is 79.9. The Balaban J connectivity index is 3.03. The molecule has 17 heavy (non-hydrogen) atoms. The maximum absolute atomic E-state index is 13.6. The van der Waals surface area contributed by atoms with E-state index in [9.17, 15) is 19.4 Å². The van der Waals surface area contributed by atoms with Crippen LogP contribution < -0.4 is 5.73 Å². The first-order valence-electron chi connectivity index (χ1n) is 4.61. The molecule has 0 aliphatic rings. The average molecular weight is 371 g/mol. The minimum absolute atomic E-state index is 0.109. The Morgan fingerprint density at radius 3 is 2.47 bits per heavy atom. The quantitative estimate of drug-likeness (QED) is 0.753. The number of aliphatic hydroxyl groups excluding tert-OH is 2. The molecule has 1 aromatic carbocycles. The van der Waals surface area contributed by atoms with Gasteiger partial charge in [-0.2, -0.15) is 0 Å². The zero-order chi connectivity index (χ0) is 13.2. The van der Waals surface area contributed by atoms with Crippen molar-refractivity contribution < 1.29 is 19.4 Å². The van der Waals surface area contributed by atoms with Crippen LogP contribution in [0.25, 0.3) is 0 Å². The second-order valence-corrected chi connectivity index (χ2v) is 5.24. The average Bonchev–Trinajstić information content (AvgIpc) is 2.14. The number of hydrogen-bond donors (Lipinski definition) is 3. The molecule has 0 saturated carbocycles. The van der Waals surface area contributed by atoms with E-state index in [1.807, 2.05) is 0 Å². The monoisotopic (exact) mass is 369 g/mol. The van der Waals surface area contributed by atoms with Crippen molar-refractivity contribution in [3.8, 4) is 0 Å². The Kier molecular flexibility index (Phi) is 5.05. The molecule has 7 heteroatoms. The highest BCUT2D eigenvalue weighted by Crippen LogP contribution is 2.32. The van der Waals surface area contributed by atoms with Crippen molar-refractivity contribution >= 4 is 37.8 Å². The number of carbonyl (C=O) groups excluding carboxylic acids is 1. The molecule has 0 aliphatic heterocycles. The van der Waals surface area contributed by atoms with Crippen LogP contribution in [0.4, 0.5) is 4.39 Å². The lowest BCUT2D eigenvalue weighted by molar-refractivity contribution is -0.121. The molecule has 0 heterocycles. The number of rotatable bonds is 4. The van der Waals surface area contributed by atoms with Crippen LogP contribution in [0.2, 0.25) is 0 Å². The van der Waals surface area contributed by atoms with E-state index in [1.165, 1.54) is 6.07 Å². The first-order valence-corrected chi connectivity index (χ1v) is 6.20. The number of primary amides is 1. The van der Waals surface area contributed by atoms with E-state index in [0.29, 0.717) is 8.95 Å². The Bertz CT molecular complexity index is 419. The van der Waals surface area contributed by atoms with Crippen molar-refractivity contribution in [2.75, 3.05) is 0 Å². The summed E-state index contributed by atoms with van der Waals surface area (Å²) in [6, 6.07) is 2.68. The van der Waals surface area contributed by atoms with Crippen molar-refractivity contribution in [1.82, 2.24) is 0 Å². The zero-order valence-electron chi connectivity index (χ0n) is 8.53. The first-order chi connectivity index (χ1) is 7.82. The van der Waals surface area contributed by atoms with E-state index in [0.717, 1.165) is 6.07 Å². The second-order valence-electron chi connectivity index (χ2n) is 3.47. The molecule has 1 aromatic rings. The number of aliphatic hydroxyl groups is 2. The van der Waals surface area contributed by atoms with Gasteiger partial charge < -0.3 is 15.9 Å². The summed E-state index contributed by atoms with van der Waals surface area (Å²) >= 11 is 6.16. The van der Waals surface area contributed by atoms with Gasteiger partial charge in [0.25, 0.3) is 0 Å². The molecule has 4 nitrogen and oxygen atoms in total. The summed E-state index contributed by atoms with van der Waals surface area (Å²) in [5, 5.41) is 19.3. The maximum Gasteiger partial charge on any atom is 0.220 e. The van der Waals surface area contributed by atoms with Crippen LogP contribution in [0.3, 0.4) is 0 Å². The van der Waals surface area contributed by atoms with Crippen LogP contribution in [-0.4, -0.2) is 22.2 Å². The molecule has 1 amide bonds. The molecule has 2 atom stereocenters. The van der Waals surface area contributed by atoms with E-state index in [2.05, 4.69) is 31.9 Å². The lowest BCUT2D eigenvalue weighted by Gasteiger charge is -2.19. The first kappa shape index (κ1) is 14.6. The van der Waals surface area contributed by atoms with Crippen LogP contribution in [0, 0.1) is 5.82 Å². The van der Waals surface area contributed by atoms with Gasteiger partial charge >= 0.3 is 0 Å². The van der Waals surface area contributed by atoms with Crippen LogP contribution in [0.5, 0.6) is 0 Å². The third-order valence-corrected chi connectivity index (χ3v) is 3.23. The molecular formula is C10H10Br2FNO3. The van der Waals surface area contributed by atoms with Crippen LogP contribution in [0.1, 0.15) is 18.1 Å². The van der Waals surface area contributed by atoms with Crippen LogP contribution >= 0.6 is 31.9 Å². The normalized spacial score (nSPS) is 14.4. The van der Waals surface area contributed by atoms with Gasteiger partial charge in [0.2, 0.25) is 5.91 Å². The van der Waals surface area contributed by atoms with E-state index in [4.69, 9.17) is 5.73 Å². The van der Waals surface area contributed by atoms with Crippen molar-refractivity contribution in [2.24, 2.45) is 5.73 Å². The van der Waals surface area contributed by atoms with Crippen LogP contribution in [-0.2, 0) is 4.79 Å². The highest BCUT2D eigenvalue weighted by molar-refractivity contribution is 9.11. The molecule has 0 spiro atoms. The van der Waals surface area contributed by atoms with Crippen molar-refractivity contribution in [1.29, 1.82) is 0 Å². The summed E-state index contributed by atoms with van der Waals surface area (Å²) < 4.78 is 14.4. The Hall–Kier alpha value is -0.500. The van der Waals surface area contributed by atoms with Crippen molar-refractivity contribution in [3.63, 3.8) is 0 Å². The standard InChI is InChI=1S/C10H10Br2FNO3/c11-4-1-5(12)9(6(13)2-4)10(17)7(15)3-8(14)16/h1-2,7,10,15,17H,3H2,(H2,14,16). The number of amides is 1. The minimum Gasteiger partial charge on any atom is -0.390 e. The van der Waals surface area contributed by atoms with E-state index in [-0.39, 0.29) is 5.56 Å². The summed E-state index contributed by atoms with van der Waals surface area (Å²) in [4.78, 5) is 10.6. The smallest absolute Gasteiger partial charge is 0.220 e. The molecule has 94 valence electrons. The molecule has 0 radical (unpaired) electrons. The van der Waals surface area contributed by atoms with Gasteiger partial charge in [0.15, 0.2) is 0 Å². The van der Waals surface area contributed by atoms with Gasteiger partial charge in [-0.1, -0.05) is 31.9 Å². The largest absolute Gasteiger partial charge is 0.390 e. The molecule has 0 fully saturated rings. The SMILES string of the molecule is NC(=O)CC(O)C(O)c1c(F)cc(Br)cc1Br. The molecule has 0 aromatic heterocycles. The number of benzene rings is 1. The third kappa shape index (κ3) is 3.74. The van der Waals surface area contributed by atoms with Gasteiger partial charge in [-0.15, -0.1) is 0 Å². The van der Waals surface area contributed by atoms with E-state index >= 15 is 0 Å². The summed E-state index contributed by atoms with van der Waals surface area (Å²) in [5.41, 5.74) is 4.78. The van der Waals surface area contributed by atoms with Gasteiger partial charge in [-0.25, -0.2) is 4.39 Å². The molecule has 4 N–H and O–H groups in total. The molecule has 2 unspecified atom stereocenters. The Morgan fingerprint density at radius 1 is 1.41 bits per heavy atom. The van der Waals surface area contributed by atoms with E-state index in [1.54, 1.807) is 0 Å². The number of nitrogens with two attached hydrogens (primary N) is 1. The fraction of sp³-hybridized carbons (Fsp3) is 0.300. The molecule has 0 aliphatic carbocycles. The van der Waals surface area contributed by atoms with Gasteiger partial charge in [0.1, 0.15) is 11.9 Å². The van der Waals surface area contributed by atoms with Crippen molar-refractivity contribution in [3.05, 3.63) is 32.5 Å². The molecular weight excluding hydrogens is 361 g/mol. The van der Waals surface area contributed by atoms with Gasteiger partial charge in [0.05, 0.1) is 12.5 Å². The Morgan fingerprint density at radius 2 is 2.00 bits per heavy atom. The zero-order valence-corrected chi connectivity index (χ0v) is 11.7. The fourth-order valence-corrected chi connectivity index (χ4v) is 2.75. The molecule has 0 bridgehead atoms.